The number of nitrogens with zero attached hydrogens (tertiary/aromatic N) is 2. The maximum Gasteiger partial charge on any atom is 0.211 e. The first-order valence-corrected chi connectivity index (χ1v) is 8.65. The Morgan fingerprint density at radius 3 is 1.71 bits per heavy atom. The van der Waals surface area contributed by atoms with Gasteiger partial charge >= 0.3 is 0 Å². The minimum atomic E-state index is -0.0841. The van der Waals surface area contributed by atoms with Crippen LogP contribution in [0.3, 0.4) is 0 Å². The third-order valence-electron chi connectivity index (χ3n) is 2.87. The highest BCUT2D eigenvalue weighted by Crippen LogP contribution is 2.14. The molecule has 0 atom stereocenters. The summed E-state index contributed by atoms with van der Waals surface area (Å²) in [4.78, 5) is 0. The Morgan fingerprint density at radius 2 is 1.29 bits per heavy atom. The molecule has 0 saturated carbocycles. The Kier molecular flexibility index (Phi) is 6.96. The van der Waals surface area contributed by atoms with Crippen LogP contribution in [0.1, 0.15) is 11.1 Å². The Bertz CT molecular complexity index is 762. The molecular weight excluding hydrogens is 432 g/mol. The van der Waals surface area contributed by atoms with Crippen molar-refractivity contribution >= 4 is 55.7 Å². The molecule has 0 saturated heterocycles. The van der Waals surface area contributed by atoms with E-state index in [-0.39, 0.29) is 5.96 Å². The van der Waals surface area contributed by atoms with Crippen LogP contribution in [0, 0.1) is 0 Å². The summed E-state index contributed by atoms with van der Waals surface area (Å²) < 4.78 is 2.02. The number of rotatable bonds is 5. The highest BCUT2D eigenvalue weighted by Gasteiger charge is 1.94. The molecule has 0 fully saturated rings. The van der Waals surface area contributed by atoms with E-state index in [4.69, 9.17) is 11.5 Å². The maximum atomic E-state index is 5.36. The van der Waals surface area contributed by atoms with E-state index in [9.17, 15) is 0 Å². The predicted octanol–water partition coefficient (Wildman–Crippen LogP) is 4.57. The van der Waals surface area contributed by atoms with Crippen LogP contribution in [0.25, 0.3) is 12.2 Å². The zero-order valence-corrected chi connectivity index (χ0v) is 15.9. The lowest BCUT2D eigenvalue weighted by Gasteiger charge is -1.97. The first kappa shape index (κ1) is 18.2. The first-order valence-electron chi connectivity index (χ1n) is 7.07. The van der Waals surface area contributed by atoms with Crippen molar-refractivity contribution in [3.8, 4) is 0 Å². The van der Waals surface area contributed by atoms with Gasteiger partial charge in [0.05, 0.1) is 5.71 Å². The third kappa shape index (κ3) is 6.52. The van der Waals surface area contributed by atoms with Gasteiger partial charge in [-0.15, -0.1) is 10.2 Å². The molecule has 6 heteroatoms. The maximum absolute atomic E-state index is 5.36. The average molecular weight is 448 g/mol. The Labute approximate surface area is 157 Å². The van der Waals surface area contributed by atoms with Gasteiger partial charge in [0.15, 0.2) is 0 Å². The quantitative estimate of drug-likeness (QED) is 0.400. The standard InChI is InChI=1S/C18H16Br2N4/c19-15-5-1-3-13(11-15)7-9-17(23-24-18(21)22)10-8-14-4-2-6-16(20)12-14/h1-12H,(H4,21,22,24). The molecule has 0 aliphatic carbocycles. The van der Waals surface area contributed by atoms with Gasteiger partial charge in [0, 0.05) is 8.95 Å². The lowest BCUT2D eigenvalue weighted by atomic mass is 10.1. The van der Waals surface area contributed by atoms with E-state index < -0.39 is 0 Å². The highest BCUT2D eigenvalue weighted by molar-refractivity contribution is 9.10. The number of hydrogen-bond donors (Lipinski definition) is 2. The van der Waals surface area contributed by atoms with Crippen molar-refractivity contribution in [2.45, 2.75) is 0 Å². The van der Waals surface area contributed by atoms with Gasteiger partial charge in [0.1, 0.15) is 0 Å². The lowest BCUT2D eigenvalue weighted by molar-refractivity contribution is 1.21. The molecule has 0 aliphatic heterocycles. The van der Waals surface area contributed by atoms with Gasteiger partial charge in [0.2, 0.25) is 5.96 Å². The van der Waals surface area contributed by atoms with E-state index >= 15 is 0 Å². The second-order valence-corrected chi connectivity index (χ2v) is 6.66. The highest BCUT2D eigenvalue weighted by atomic mass is 79.9. The fourth-order valence-electron chi connectivity index (χ4n) is 1.82. The molecule has 0 amide bonds. The second-order valence-electron chi connectivity index (χ2n) is 4.83. The second kappa shape index (κ2) is 9.20. The Morgan fingerprint density at radius 1 is 0.792 bits per heavy atom. The molecule has 0 aliphatic rings. The van der Waals surface area contributed by atoms with Crippen molar-refractivity contribution in [1.82, 2.24) is 0 Å². The van der Waals surface area contributed by atoms with Gasteiger partial charge in [-0.1, -0.05) is 68.3 Å². The number of benzene rings is 2. The summed E-state index contributed by atoms with van der Waals surface area (Å²) in [5.74, 6) is -0.0841. The van der Waals surface area contributed by atoms with Crippen molar-refractivity contribution in [3.05, 3.63) is 80.8 Å². The molecule has 4 N–H and O–H groups in total. The number of allylic oxidation sites excluding steroid dienone is 2. The topological polar surface area (TPSA) is 76.8 Å². The minimum absolute atomic E-state index is 0.0841. The van der Waals surface area contributed by atoms with Gasteiger partial charge in [-0.05, 0) is 47.5 Å². The summed E-state index contributed by atoms with van der Waals surface area (Å²) in [7, 11) is 0. The van der Waals surface area contributed by atoms with Gasteiger partial charge in [0.25, 0.3) is 0 Å². The number of nitrogens with two attached hydrogens (primary N) is 2. The summed E-state index contributed by atoms with van der Waals surface area (Å²) in [5, 5.41) is 7.78. The fraction of sp³-hybridized carbons (Fsp3) is 0. The average Bonchev–Trinajstić information content (AvgIpc) is 2.54. The van der Waals surface area contributed by atoms with Gasteiger partial charge in [-0.25, -0.2) is 0 Å². The minimum Gasteiger partial charge on any atom is -0.369 e. The summed E-state index contributed by atoms with van der Waals surface area (Å²) in [6, 6.07) is 15.9. The summed E-state index contributed by atoms with van der Waals surface area (Å²) in [5.41, 5.74) is 13.4. The van der Waals surface area contributed by atoms with Crippen molar-refractivity contribution in [2.24, 2.45) is 21.7 Å². The van der Waals surface area contributed by atoms with E-state index in [2.05, 4.69) is 42.1 Å². The lowest BCUT2D eigenvalue weighted by Crippen LogP contribution is -2.22. The largest absolute Gasteiger partial charge is 0.369 e. The van der Waals surface area contributed by atoms with Gasteiger partial charge in [-0.2, -0.15) is 0 Å². The molecule has 0 spiro atoms. The molecule has 122 valence electrons. The van der Waals surface area contributed by atoms with Crippen LogP contribution in [0.5, 0.6) is 0 Å². The number of hydrogen-bond acceptors (Lipinski definition) is 2. The first-order chi connectivity index (χ1) is 11.5. The van der Waals surface area contributed by atoms with E-state index in [1.807, 2.05) is 72.8 Å². The van der Waals surface area contributed by atoms with Gasteiger partial charge < -0.3 is 11.5 Å². The predicted molar refractivity (Wildman–Crippen MR) is 110 cm³/mol. The number of guanidine groups is 1. The molecule has 0 aromatic heterocycles. The van der Waals surface area contributed by atoms with E-state index in [0.717, 1.165) is 20.1 Å². The summed E-state index contributed by atoms with van der Waals surface area (Å²) in [6.07, 6.45) is 7.58. The van der Waals surface area contributed by atoms with E-state index in [1.54, 1.807) is 0 Å². The molecule has 0 unspecified atom stereocenters. The smallest absolute Gasteiger partial charge is 0.211 e. The fourth-order valence-corrected chi connectivity index (χ4v) is 2.66. The molecule has 0 bridgehead atoms. The SMILES string of the molecule is NC(N)=NN=C(C=Cc1cccc(Br)c1)C=Cc1cccc(Br)c1. The summed E-state index contributed by atoms with van der Waals surface area (Å²) >= 11 is 6.90. The van der Waals surface area contributed by atoms with Crippen LogP contribution in [0.4, 0.5) is 0 Å². The van der Waals surface area contributed by atoms with Crippen molar-refractivity contribution in [2.75, 3.05) is 0 Å². The molecule has 4 nitrogen and oxygen atoms in total. The van der Waals surface area contributed by atoms with Crippen molar-refractivity contribution in [3.63, 3.8) is 0 Å². The third-order valence-corrected chi connectivity index (χ3v) is 3.86. The molecule has 0 heterocycles. The van der Waals surface area contributed by atoms with Gasteiger partial charge in [-0.3, -0.25) is 0 Å². The molecule has 2 aromatic carbocycles. The zero-order valence-electron chi connectivity index (χ0n) is 12.7. The van der Waals surface area contributed by atoms with Crippen LogP contribution in [-0.2, 0) is 0 Å². The van der Waals surface area contributed by atoms with Crippen LogP contribution in [-0.4, -0.2) is 11.7 Å². The summed E-state index contributed by atoms with van der Waals surface area (Å²) in [6.45, 7) is 0. The van der Waals surface area contributed by atoms with Crippen LogP contribution >= 0.6 is 31.9 Å². The molecule has 2 aromatic rings. The van der Waals surface area contributed by atoms with Crippen LogP contribution in [0.15, 0.2) is 79.8 Å². The van der Waals surface area contributed by atoms with Crippen molar-refractivity contribution < 1.29 is 0 Å². The van der Waals surface area contributed by atoms with E-state index in [1.165, 1.54) is 0 Å². The Balaban J connectivity index is 2.25. The zero-order chi connectivity index (χ0) is 17.4. The monoisotopic (exact) mass is 446 g/mol. The molecule has 2 rings (SSSR count). The normalized spacial score (nSPS) is 10.9. The van der Waals surface area contributed by atoms with Crippen LogP contribution in [0.2, 0.25) is 0 Å². The van der Waals surface area contributed by atoms with Crippen LogP contribution < -0.4 is 11.5 Å². The molecular formula is C18H16Br2N4. The Hall–Kier alpha value is -2.18. The molecule has 24 heavy (non-hydrogen) atoms. The van der Waals surface area contributed by atoms with Crippen molar-refractivity contribution in [1.29, 1.82) is 0 Å². The number of halogens is 2. The van der Waals surface area contributed by atoms with E-state index in [0.29, 0.717) is 5.71 Å². The molecule has 0 radical (unpaired) electrons.